The number of hydrogen-bond acceptors (Lipinski definition) is 6. The van der Waals surface area contributed by atoms with Gasteiger partial charge in [-0.15, -0.1) is 0 Å². The lowest BCUT2D eigenvalue weighted by Gasteiger charge is -2.16. The van der Waals surface area contributed by atoms with Crippen LogP contribution in [0.3, 0.4) is 0 Å². The van der Waals surface area contributed by atoms with E-state index in [0.29, 0.717) is 36.3 Å². The van der Waals surface area contributed by atoms with Gasteiger partial charge in [-0.2, -0.15) is 13.2 Å². The molecule has 2 aromatic rings. The maximum absolute atomic E-state index is 12.5. The molecule has 0 amide bonds. The number of methoxy groups -OCH3 is 3. The molecule has 0 fully saturated rings. The van der Waals surface area contributed by atoms with Crippen LogP contribution in [0.1, 0.15) is 11.1 Å². The fourth-order valence-electron chi connectivity index (χ4n) is 2.60. The number of aliphatic imine (C=N–C) groups is 1. The number of nitrogens with one attached hydrogen (secondary N) is 2. The summed E-state index contributed by atoms with van der Waals surface area (Å²) in [5.41, 5.74) is 0.0528. The summed E-state index contributed by atoms with van der Waals surface area (Å²) in [5, 5.41) is 6.18. The molecule has 0 aliphatic carbocycles. The van der Waals surface area contributed by atoms with Gasteiger partial charge in [0.05, 0.1) is 33.4 Å². The number of aromatic nitrogens is 1. The van der Waals surface area contributed by atoms with Crippen LogP contribution >= 0.6 is 0 Å². The first kappa shape index (κ1) is 23.9. The van der Waals surface area contributed by atoms with E-state index >= 15 is 0 Å². The normalized spacial score (nSPS) is 11.6. The molecule has 0 spiro atoms. The molecule has 0 saturated heterocycles. The first-order valence-corrected chi connectivity index (χ1v) is 9.21. The quantitative estimate of drug-likeness (QED) is 0.351. The highest BCUT2D eigenvalue weighted by Crippen LogP contribution is 2.38. The minimum atomic E-state index is -4.43. The zero-order chi connectivity index (χ0) is 22.9. The molecular weight excluding hydrogens is 417 g/mol. The highest BCUT2D eigenvalue weighted by Gasteiger charge is 2.30. The van der Waals surface area contributed by atoms with Crippen LogP contribution in [0.2, 0.25) is 0 Å². The lowest BCUT2D eigenvalue weighted by Crippen LogP contribution is -2.38. The standard InChI is InChI=1S/C20H25F3N4O4/c1-24-19(25-7-8-31-17-6-5-14(12-26-17)20(21,22)23)27-11-13-9-15(28-2)18(30-4)16(10-13)29-3/h5-6,9-10,12H,7-8,11H2,1-4H3,(H2,24,25,27). The Balaban J connectivity index is 1.84. The summed E-state index contributed by atoms with van der Waals surface area (Å²) >= 11 is 0. The monoisotopic (exact) mass is 442 g/mol. The molecule has 8 nitrogen and oxygen atoms in total. The van der Waals surface area contributed by atoms with Crippen molar-refractivity contribution in [2.24, 2.45) is 4.99 Å². The van der Waals surface area contributed by atoms with Crippen LogP contribution < -0.4 is 29.6 Å². The van der Waals surface area contributed by atoms with E-state index in [2.05, 4.69) is 20.6 Å². The van der Waals surface area contributed by atoms with E-state index in [4.69, 9.17) is 18.9 Å². The van der Waals surface area contributed by atoms with E-state index in [1.807, 2.05) is 12.1 Å². The molecule has 1 aromatic carbocycles. The molecule has 170 valence electrons. The predicted octanol–water partition coefficient (Wildman–Crippen LogP) is 2.87. The molecule has 0 bridgehead atoms. The highest BCUT2D eigenvalue weighted by molar-refractivity contribution is 5.79. The van der Waals surface area contributed by atoms with Gasteiger partial charge in [-0.05, 0) is 23.8 Å². The second kappa shape index (κ2) is 11.1. The number of ether oxygens (including phenoxy) is 4. The Bertz CT molecular complexity index is 849. The lowest BCUT2D eigenvalue weighted by atomic mass is 10.2. The molecule has 31 heavy (non-hydrogen) atoms. The van der Waals surface area contributed by atoms with Crippen LogP contribution in [-0.4, -0.2) is 52.5 Å². The van der Waals surface area contributed by atoms with Crippen molar-refractivity contribution in [3.05, 3.63) is 41.6 Å². The Kier molecular flexibility index (Phi) is 8.59. The summed E-state index contributed by atoms with van der Waals surface area (Å²) in [4.78, 5) is 7.77. The molecule has 0 aliphatic rings. The van der Waals surface area contributed by atoms with Crippen LogP contribution in [0.15, 0.2) is 35.5 Å². The van der Waals surface area contributed by atoms with Crippen LogP contribution in [0, 0.1) is 0 Å². The summed E-state index contributed by atoms with van der Waals surface area (Å²) in [7, 11) is 6.23. The Morgan fingerprint density at radius 1 is 1.03 bits per heavy atom. The fourth-order valence-corrected chi connectivity index (χ4v) is 2.60. The molecule has 0 radical (unpaired) electrons. The van der Waals surface area contributed by atoms with Gasteiger partial charge in [-0.25, -0.2) is 4.98 Å². The fraction of sp³-hybridized carbons (Fsp3) is 0.400. The van der Waals surface area contributed by atoms with E-state index in [1.54, 1.807) is 21.3 Å². The Labute approximate surface area is 178 Å². The number of guanidine groups is 1. The van der Waals surface area contributed by atoms with Crippen molar-refractivity contribution >= 4 is 5.96 Å². The number of rotatable bonds is 9. The van der Waals surface area contributed by atoms with Crippen molar-refractivity contribution in [1.82, 2.24) is 15.6 Å². The maximum atomic E-state index is 12.5. The second-order valence-electron chi connectivity index (χ2n) is 6.12. The van der Waals surface area contributed by atoms with Gasteiger partial charge in [-0.1, -0.05) is 0 Å². The van der Waals surface area contributed by atoms with Gasteiger partial charge in [0.15, 0.2) is 17.5 Å². The topological polar surface area (TPSA) is 86.2 Å². The van der Waals surface area contributed by atoms with Crippen LogP contribution in [-0.2, 0) is 12.7 Å². The molecule has 0 unspecified atom stereocenters. The lowest BCUT2D eigenvalue weighted by molar-refractivity contribution is -0.137. The van der Waals surface area contributed by atoms with Gasteiger partial charge in [0, 0.05) is 25.9 Å². The van der Waals surface area contributed by atoms with Gasteiger partial charge in [0.1, 0.15) is 6.61 Å². The third-order valence-electron chi connectivity index (χ3n) is 4.12. The largest absolute Gasteiger partial charge is 0.493 e. The van der Waals surface area contributed by atoms with Gasteiger partial charge in [0.25, 0.3) is 0 Å². The number of halogens is 3. The van der Waals surface area contributed by atoms with Gasteiger partial charge < -0.3 is 29.6 Å². The molecule has 2 rings (SSSR count). The van der Waals surface area contributed by atoms with Crippen LogP contribution in [0.5, 0.6) is 23.1 Å². The molecule has 1 aromatic heterocycles. The zero-order valence-electron chi connectivity index (χ0n) is 17.7. The number of benzene rings is 1. The minimum Gasteiger partial charge on any atom is -0.493 e. The van der Waals surface area contributed by atoms with Crippen molar-refractivity contribution in [3.63, 3.8) is 0 Å². The molecule has 11 heteroatoms. The van der Waals surface area contributed by atoms with Crippen LogP contribution in [0.25, 0.3) is 0 Å². The Morgan fingerprint density at radius 3 is 2.19 bits per heavy atom. The van der Waals surface area contributed by atoms with Crippen LogP contribution in [0.4, 0.5) is 13.2 Å². The zero-order valence-corrected chi connectivity index (χ0v) is 17.7. The third kappa shape index (κ3) is 6.83. The Hall–Kier alpha value is -3.37. The number of pyridine rings is 1. The first-order chi connectivity index (χ1) is 14.8. The number of alkyl halides is 3. The highest BCUT2D eigenvalue weighted by atomic mass is 19.4. The van der Waals surface area contributed by atoms with E-state index in [9.17, 15) is 13.2 Å². The Morgan fingerprint density at radius 2 is 1.71 bits per heavy atom. The van der Waals surface area contributed by atoms with Crippen molar-refractivity contribution in [3.8, 4) is 23.1 Å². The van der Waals surface area contributed by atoms with E-state index in [1.165, 1.54) is 13.2 Å². The van der Waals surface area contributed by atoms with Gasteiger partial charge in [0.2, 0.25) is 11.6 Å². The summed E-state index contributed by atoms with van der Waals surface area (Å²) in [6, 6.07) is 5.75. The van der Waals surface area contributed by atoms with E-state index < -0.39 is 11.7 Å². The SMILES string of the molecule is CN=C(NCCOc1ccc(C(F)(F)F)cn1)NCc1cc(OC)c(OC)c(OC)c1. The third-order valence-corrected chi connectivity index (χ3v) is 4.12. The maximum Gasteiger partial charge on any atom is 0.417 e. The number of hydrogen-bond donors (Lipinski definition) is 2. The molecule has 0 aliphatic heterocycles. The van der Waals surface area contributed by atoms with Gasteiger partial charge in [-0.3, -0.25) is 4.99 Å². The average molecular weight is 442 g/mol. The van der Waals surface area contributed by atoms with Crippen molar-refractivity contribution < 1.29 is 32.1 Å². The van der Waals surface area contributed by atoms with E-state index in [-0.39, 0.29) is 12.5 Å². The summed E-state index contributed by atoms with van der Waals surface area (Å²) in [6.45, 7) is 0.971. The van der Waals surface area contributed by atoms with Gasteiger partial charge >= 0.3 is 6.18 Å². The summed E-state index contributed by atoms with van der Waals surface area (Å²) < 4.78 is 58.9. The number of nitrogens with zero attached hydrogens (tertiary/aromatic N) is 2. The smallest absolute Gasteiger partial charge is 0.417 e. The predicted molar refractivity (Wildman–Crippen MR) is 109 cm³/mol. The van der Waals surface area contributed by atoms with E-state index in [0.717, 1.165) is 17.8 Å². The van der Waals surface area contributed by atoms with Crippen molar-refractivity contribution in [2.75, 3.05) is 41.5 Å². The second-order valence-corrected chi connectivity index (χ2v) is 6.12. The molecule has 1 heterocycles. The summed E-state index contributed by atoms with van der Waals surface area (Å²) in [6.07, 6.45) is -3.69. The first-order valence-electron chi connectivity index (χ1n) is 9.21. The molecular formula is C20H25F3N4O4. The molecule has 2 N–H and O–H groups in total. The average Bonchev–Trinajstić information content (AvgIpc) is 2.77. The van der Waals surface area contributed by atoms with Crippen molar-refractivity contribution in [1.29, 1.82) is 0 Å². The minimum absolute atomic E-state index is 0.107. The van der Waals surface area contributed by atoms with Crippen molar-refractivity contribution in [2.45, 2.75) is 12.7 Å². The summed E-state index contributed by atoms with van der Waals surface area (Å²) in [5.74, 6) is 2.20. The molecule has 0 atom stereocenters. The molecule has 0 saturated carbocycles.